The summed E-state index contributed by atoms with van der Waals surface area (Å²) in [7, 11) is -3.29. The average Bonchev–Trinajstić information content (AvgIpc) is 3.47. The lowest BCUT2D eigenvalue weighted by atomic mass is 10.1. The zero-order chi connectivity index (χ0) is 26.3. The number of hydrogen-bond acceptors (Lipinski definition) is 7. The molecule has 0 N–H and O–H groups in total. The van der Waals surface area contributed by atoms with Crippen LogP contribution in [0.4, 0.5) is 4.39 Å². The van der Waals surface area contributed by atoms with Crippen LogP contribution < -0.4 is 0 Å². The van der Waals surface area contributed by atoms with Crippen molar-refractivity contribution in [3.63, 3.8) is 0 Å². The van der Waals surface area contributed by atoms with Gasteiger partial charge in [0.25, 0.3) is 0 Å². The third-order valence-corrected chi connectivity index (χ3v) is 8.89. The Labute approximate surface area is 217 Å². The lowest BCUT2D eigenvalue weighted by Gasteiger charge is -2.31. The fraction of sp³-hybridized carbons (Fsp3) is 0.280. The van der Waals surface area contributed by atoms with Crippen LogP contribution in [0.1, 0.15) is 35.7 Å². The van der Waals surface area contributed by atoms with Gasteiger partial charge in [-0.15, -0.1) is 0 Å². The van der Waals surface area contributed by atoms with E-state index in [-0.39, 0.29) is 11.6 Å². The highest BCUT2D eigenvalue weighted by Gasteiger charge is 2.29. The number of nitrogens with zero attached hydrogens (tertiary/aromatic N) is 7. The number of piperidine rings is 1. The number of rotatable bonds is 5. The Morgan fingerprint density at radius 1 is 1.11 bits per heavy atom. The zero-order valence-electron chi connectivity index (χ0n) is 20.1. The summed E-state index contributed by atoms with van der Waals surface area (Å²) < 4.78 is 42.9. The first kappa shape index (κ1) is 25.0. The molecule has 1 saturated heterocycles. The summed E-state index contributed by atoms with van der Waals surface area (Å²) >= 11 is 1.26. The molecule has 3 aromatic heterocycles. The molecule has 188 valence electrons. The molecule has 0 unspecified atom stereocenters. The first-order chi connectivity index (χ1) is 17.7. The number of halogens is 1. The van der Waals surface area contributed by atoms with Gasteiger partial charge in [0.15, 0.2) is 0 Å². The molecule has 5 rings (SSSR count). The Morgan fingerprint density at radius 3 is 2.62 bits per heavy atom. The molecule has 4 aromatic rings. The van der Waals surface area contributed by atoms with Crippen molar-refractivity contribution >= 4 is 27.3 Å². The van der Waals surface area contributed by atoms with Crippen LogP contribution in [0.3, 0.4) is 0 Å². The lowest BCUT2D eigenvalue weighted by Crippen LogP contribution is -2.40. The minimum absolute atomic E-state index is 0.0814. The van der Waals surface area contributed by atoms with Crippen molar-refractivity contribution in [2.75, 3.05) is 19.3 Å². The minimum atomic E-state index is -3.29. The van der Waals surface area contributed by atoms with Gasteiger partial charge in [0.05, 0.1) is 41.3 Å². The molecule has 37 heavy (non-hydrogen) atoms. The Balaban J connectivity index is 1.58. The summed E-state index contributed by atoms with van der Waals surface area (Å²) in [4.78, 5) is 1.24. The molecule has 0 aliphatic carbocycles. The molecule has 4 heterocycles. The zero-order valence-corrected chi connectivity index (χ0v) is 21.7. The van der Waals surface area contributed by atoms with Gasteiger partial charge in [0, 0.05) is 45.9 Å². The second-order valence-corrected chi connectivity index (χ2v) is 12.0. The van der Waals surface area contributed by atoms with Gasteiger partial charge in [-0.1, -0.05) is 11.8 Å². The van der Waals surface area contributed by atoms with Gasteiger partial charge < -0.3 is 0 Å². The maximum absolute atomic E-state index is 13.7. The summed E-state index contributed by atoms with van der Waals surface area (Å²) in [5.41, 5.74) is 3.68. The molecule has 1 aromatic carbocycles. The quantitative estimate of drug-likeness (QED) is 0.377. The highest BCUT2D eigenvalue weighted by molar-refractivity contribution is 7.99. The molecule has 1 atom stereocenters. The minimum Gasteiger partial charge on any atom is -0.265 e. The summed E-state index contributed by atoms with van der Waals surface area (Å²) in [6.45, 7) is 2.82. The number of fused-ring (bicyclic) bond motifs is 1. The van der Waals surface area contributed by atoms with E-state index in [1.807, 2.05) is 29.9 Å². The van der Waals surface area contributed by atoms with E-state index in [0.29, 0.717) is 34.0 Å². The van der Waals surface area contributed by atoms with Crippen LogP contribution in [-0.2, 0) is 10.0 Å². The van der Waals surface area contributed by atoms with Crippen LogP contribution in [0, 0.1) is 35.4 Å². The fourth-order valence-electron chi connectivity index (χ4n) is 4.68. The second-order valence-electron chi connectivity index (χ2n) is 8.92. The standard InChI is InChI=1S/C25H22FN7O2S2/c1-16-22(13-30-33(16)21-4-3-7-31(15-21)37(2,34)35)18-9-24(25-19(11-28)12-29-32(25)14-18)36-23-6-5-20(26)8-17(23)10-27/h5-6,8-9,12-14,21H,3-4,7,15H2,1-2H3/t21-/m0/s1. The fourth-order valence-corrected chi connectivity index (χ4v) is 6.66. The van der Waals surface area contributed by atoms with Crippen molar-refractivity contribution in [3.05, 3.63) is 65.5 Å². The van der Waals surface area contributed by atoms with Crippen LogP contribution in [-0.4, -0.2) is 51.5 Å². The van der Waals surface area contributed by atoms with Crippen molar-refractivity contribution in [2.45, 2.75) is 35.6 Å². The predicted molar refractivity (Wildman–Crippen MR) is 136 cm³/mol. The molecule has 12 heteroatoms. The monoisotopic (exact) mass is 535 g/mol. The maximum Gasteiger partial charge on any atom is 0.211 e. The van der Waals surface area contributed by atoms with Crippen LogP contribution in [0.25, 0.3) is 16.6 Å². The van der Waals surface area contributed by atoms with E-state index in [4.69, 9.17) is 0 Å². The van der Waals surface area contributed by atoms with Gasteiger partial charge in [-0.25, -0.2) is 21.6 Å². The number of pyridine rings is 1. The number of aromatic nitrogens is 4. The van der Waals surface area contributed by atoms with E-state index >= 15 is 0 Å². The van der Waals surface area contributed by atoms with Crippen molar-refractivity contribution in [1.29, 1.82) is 10.5 Å². The third kappa shape index (κ3) is 4.71. The van der Waals surface area contributed by atoms with E-state index in [9.17, 15) is 23.3 Å². The average molecular weight is 536 g/mol. The molecule has 1 fully saturated rings. The topological polar surface area (TPSA) is 120 Å². The summed E-state index contributed by atoms with van der Waals surface area (Å²) in [5, 5.41) is 28.1. The van der Waals surface area contributed by atoms with Gasteiger partial charge in [-0.05, 0) is 44.0 Å². The van der Waals surface area contributed by atoms with Crippen LogP contribution in [0.2, 0.25) is 0 Å². The van der Waals surface area contributed by atoms with Gasteiger partial charge in [-0.2, -0.15) is 20.7 Å². The van der Waals surface area contributed by atoms with E-state index in [1.165, 1.54) is 40.7 Å². The normalized spacial score (nSPS) is 16.5. The lowest BCUT2D eigenvalue weighted by molar-refractivity contribution is 0.252. The van der Waals surface area contributed by atoms with Crippen LogP contribution >= 0.6 is 11.8 Å². The van der Waals surface area contributed by atoms with E-state index in [2.05, 4.69) is 16.3 Å². The predicted octanol–water partition coefficient (Wildman–Crippen LogP) is 4.14. The summed E-state index contributed by atoms with van der Waals surface area (Å²) in [5.74, 6) is -0.498. The van der Waals surface area contributed by atoms with Crippen molar-refractivity contribution in [2.24, 2.45) is 0 Å². The smallest absolute Gasteiger partial charge is 0.211 e. The molecule has 0 bridgehead atoms. The third-order valence-electron chi connectivity index (χ3n) is 6.51. The van der Waals surface area contributed by atoms with Gasteiger partial charge in [-0.3, -0.25) is 4.68 Å². The van der Waals surface area contributed by atoms with Gasteiger partial charge in [0.2, 0.25) is 10.0 Å². The van der Waals surface area contributed by atoms with Crippen molar-refractivity contribution in [1.82, 2.24) is 23.7 Å². The Kier molecular flexibility index (Phi) is 6.50. The Morgan fingerprint density at radius 2 is 1.89 bits per heavy atom. The Bertz CT molecular complexity index is 1710. The molecule has 0 amide bonds. The largest absolute Gasteiger partial charge is 0.265 e. The molecule has 1 aliphatic heterocycles. The van der Waals surface area contributed by atoms with Crippen LogP contribution in [0.15, 0.2) is 52.6 Å². The molecule has 0 saturated carbocycles. The molecular weight excluding hydrogens is 513 g/mol. The first-order valence-electron chi connectivity index (χ1n) is 11.5. The van der Waals surface area contributed by atoms with Crippen LogP contribution in [0.5, 0.6) is 0 Å². The number of hydrogen-bond donors (Lipinski definition) is 0. The molecule has 1 aliphatic rings. The van der Waals surface area contributed by atoms with E-state index in [0.717, 1.165) is 29.7 Å². The first-order valence-corrected chi connectivity index (χ1v) is 14.1. The molecule has 0 radical (unpaired) electrons. The highest BCUT2D eigenvalue weighted by atomic mass is 32.2. The Hall–Kier alpha value is -3.71. The van der Waals surface area contributed by atoms with Crippen molar-refractivity contribution < 1.29 is 12.8 Å². The second kappa shape index (κ2) is 9.63. The van der Waals surface area contributed by atoms with E-state index < -0.39 is 15.8 Å². The number of nitriles is 2. The molecule has 9 nitrogen and oxygen atoms in total. The molecule has 0 spiro atoms. The van der Waals surface area contributed by atoms with E-state index in [1.54, 1.807) is 16.8 Å². The SMILES string of the molecule is Cc1c(-c2cc(Sc3ccc(F)cc3C#N)c3c(C#N)cnn3c2)cnn1[C@H]1CCCN(S(C)(=O)=O)C1. The number of sulfonamides is 1. The van der Waals surface area contributed by atoms with Crippen molar-refractivity contribution in [3.8, 4) is 23.3 Å². The summed E-state index contributed by atoms with van der Waals surface area (Å²) in [6, 6.07) is 10.0. The number of benzene rings is 1. The molecular formula is C25H22FN7O2S2. The van der Waals surface area contributed by atoms with Gasteiger partial charge >= 0.3 is 0 Å². The maximum atomic E-state index is 13.7. The highest BCUT2D eigenvalue weighted by Crippen LogP contribution is 2.38. The van der Waals surface area contributed by atoms with Gasteiger partial charge in [0.1, 0.15) is 18.0 Å². The summed E-state index contributed by atoms with van der Waals surface area (Å²) in [6.07, 6.45) is 7.84.